The fraction of sp³-hybridized carbons (Fsp3) is 0.783. The highest BCUT2D eigenvalue weighted by Crippen LogP contribution is 2.28. The Morgan fingerprint density at radius 2 is 1.93 bits per heavy atom. The summed E-state index contributed by atoms with van der Waals surface area (Å²) in [5.74, 6) is 3.56. The van der Waals surface area contributed by atoms with Crippen LogP contribution in [-0.4, -0.2) is 77.5 Å². The number of hydrogen-bond donors (Lipinski definition) is 1. The molecule has 1 atom stereocenters. The van der Waals surface area contributed by atoms with E-state index in [0.717, 1.165) is 63.9 Å². The molecule has 1 aromatic rings. The first-order valence-electron chi connectivity index (χ1n) is 11.9. The highest BCUT2D eigenvalue weighted by Gasteiger charge is 2.26. The molecule has 3 heterocycles. The van der Waals surface area contributed by atoms with Gasteiger partial charge in [-0.15, -0.1) is 0 Å². The summed E-state index contributed by atoms with van der Waals surface area (Å²) in [4.78, 5) is 28.6. The Labute approximate surface area is 181 Å². The van der Waals surface area contributed by atoms with Crippen LogP contribution in [0.25, 0.3) is 0 Å². The Hall–Kier alpha value is -1.89. The van der Waals surface area contributed by atoms with E-state index >= 15 is 0 Å². The molecule has 3 aliphatic rings. The van der Waals surface area contributed by atoms with Gasteiger partial charge in [-0.3, -0.25) is 9.69 Å². The van der Waals surface area contributed by atoms with Crippen molar-refractivity contribution in [3.05, 3.63) is 12.4 Å². The zero-order valence-corrected chi connectivity index (χ0v) is 18.7. The number of amides is 1. The molecule has 7 nitrogen and oxygen atoms in total. The number of aromatic nitrogens is 2. The Bertz CT molecular complexity index is 699. The largest absolute Gasteiger partial charge is 0.367 e. The van der Waals surface area contributed by atoms with Gasteiger partial charge >= 0.3 is 0 Å². The lowest BCUT2D eigenvalue weighted by molar-refractivity contribution is -0.133. The van der Waals surface area contributed by atoms with Crippen molar-refractivity contribution < 1.29 is 4.79 Å². The van der Waals surface area contributed by atoms with Gasteiger partial charge in [-0.2, -0.15) is 0 Å². The van der Waals surface area contributed by atoms with Gasteiger partial charge in [-0.1, -0.05) is 13.8 Å². The van der Waals surface area contributed by atoms with Crippen LogP contribution in [0, 0.1) is 11.8 Å². The van der Waals surface area contributed by atoms with Crippen LogP contribution in [0.2, 0.25) is 0 Å². The van der Waals surface area contributed by atoms with Gasteiger partial charge in [0, 0.05) is 64.3 Å². The van der Waals surface area contributed by atoms with E-state index in [2.05, 4.69) is 49.9 Å². The summed E-state index contributed by atoms with van der Waals surface area (Å²) < 4.78 is 0. The van der Waals surface area contributed by atoms with E-state index in [0.29, 0.717) is 30.2 Å². The van der Waals surface area contributed by atoms with E-state index in [1.54, 1.807) is 6.33 Å². The third-order valence-corrected chi connectivity index (χ3v) is 6.54. The van der Waals surface area contributed by atoms with Crippen molar-refractivity contribution in [2.45, 2.75) is 58.4 Å². The summed E-state index contributed by atoms with van der Waals surface area (Å²) in [6, 6.07) is 2.68. The number of piperidine rings is 1. The number of carbonyl (C=O) groups excluding carboxylic acids is 1. The van der Waals surface area contributed by atoms with E-state index in [1.165, 1.54) is 25.7 Å². The lowest BCUT2D eigenvalue weighted by atomic mass is 9.93. The van der Waals surface area contributed by atoms with Gasteiger partial charge in [0.2, 0.25) is 5.91 Å². The van der Waals surface area contributed by atoms with Gasteiger partial charge in [0.25, 0.3) is 0 Å². The molecule has 2 aliphatic heterocycles. The first-order valence-corrected chi connectivity index (χ1v) is 11.9. The molecule has 1 aromatic heterocycles. The zero-order valence-electron chi connectivity index (χ0n) is 18.7. The molecule has 3 fully saturated rings. The highest BCUT2D eigenvalue weighted by molar-refractivity contribution is 5.76. The minimum atomic E-state index is 0.342. The molecule has 1 aliphatic carbocycles. The maximum Gasteiger partial charge on any atom is 0.222 e. The molecule has 0 bridgehead atoms. The van der Waals surface area contributed by atoms with Crippen LogP contribution in [0.4, 0.5) is 11.6 Å². The second kappa shape index (κ2) is 9.94. The SMILES string of the molecule is CC(C)CN1CCN(C(=O)CCC2CCCN(c3cc(NC4CC4)ncn3)C2)CC1. The van der Waals surface area contributed by atoms with E-state index in [9.17, 15) is 4.79 Å². The van der Waals surface area contributed by atoms with Gasteiger partial charge in [0.15, 0.2) is 0 Å². The normalized spacial score (nSPS) is 23.1. The Morgan fingerprint density at radius 1 is 1.13 bits per heavy atom. The number of hydrogen-bond acceptors (Lipinski definition) is 6. The average molecular weight is 415 g/mol. The summed E-state index contributed by atoms with van der Waals surface area (Å²) in [6.45, 7) is 11.5. The van der Waals surface area contributed by atoms with Crippen LogP contribution in [-0.2, 0) is 4.79 Å². The van der Waals surface area contributed by atoms with Gasteiger partial charge in [-0.05, 0) is 43.9 Å². The molecule has 166 valence electrons. The monoisotopic (exact) mass is 414 g/mol. The Morgan fingerprint density at radius 3 is 2.67 bits per heavy atom. The van der Waals surface area contributed by atoms with Crippen molar-refractivity contribution in [3.8, 4) is 0 Å². The molecule has 1 saturated carbocycles. The predicted octanol–water partition coefficient (Wildman–Crippen LogP) is 2.85. The molecule has 4 rings (SSSR count). The number of nitrogens with one attached hydrogen (secondary N) is 1. The lowest BCUT2D eigenvalue weighted by Gasteiger charge is -2.36. The summed E-state index contributed by atoms with van der Waals surface area (Å²) in [7, 11) is 0. The number of piperazine rings is 1. The van der Waals surface area contributed by atoms with Crippen molar-refractivity contribution >= 4 is 17.5 Å². The van der Waals surface area contributed by atoms with Crippen LogP contribution in [0.3, 0.4) is 0 Å². The predicted molar refractivity (Wildman–Crippen MR) is 121 cm³/mol. The number of nitrogens with zero attached hydrogens (tertiary/aromatic N) is 5. The molecular formula is C23H38N6O. The molecule has 0 aromatic carbocycles. The third-order valence-electron chi connectivity index (χ3n) is 6.54. The molecule has 1 N–H and O–H groups in total. The van der Waals surface area contributed by atoms with Crippen molar-refractivity contribution in [2.75, 3.05) is 56.0 Å². The van der Waals surface area contributed by atoms with Gasteiger partial charge < -0.3 is 15.1 Å². The average Bonchev–Trinajstić information content (AvgIpc) is 3.56. The van der Waals surface area contributed by atoms with E-state index in [1.807, 2.05) is 0 Å². The minimum absolute atomic E-state index is 0.342. The van der Waals surface area contributed by atoms with Crippen LogP contribution in [0.5, 0.6) is 0 Å². The molecule has 7 heteroatoms. The molecule has 30 heavy (non-hydrogen) atoms. The fourth-order valence-electron chi connectivity index (χ4n) is 4.73. The Kier molecular flexibility index (Phi) is 7.08. The minimum Gasteiger partial charge on any atom is -0.367 e. The molecule has 2 saturated heterocycles. The van der Waals surface area contributed by atoms with Gasteiger partial charge in [0.05, 0.1) is 0 Å². The summed E-state index contributed by atoms with van der Waals surface area (Å²) in [6.07, 6.45) is 8.21. The maximum absolute atomic E-state index is 12.7. The van der Waals surface area contributed by atoms with Gasteiger partial charge in [-0.25, -0.2) is 9.97 Å². The van der Waals surface area contributed by atoms with Crippen molar-refractivity contribution in [1.82, 2.24) is 19.8 Å². The summed E-state index contributed by atoms with van der Waals surface area (Å²) in [5.41, 5.74) is 0. The lowest BCUT2D eigenvalue weighted by Crippen LogP contribution is -2.49. The van der Waals surface area contributed by atoms with Crippen LogP contribution >= 0.6 is 0 Å². The van der Waals surface area contributed by atoms with Crippen molar-refractivity contribution in [3.63, 3.8) is 0 Å². The smallest absolute Gasteiger partial charge is 0.222 e. The van der Waals surface area contributed by atoms with Crippen LogP contribution < -0.4 is 10.2 Å². The van der Waals surface area contributed by atoms with E-state index in [4.69, 9.17) is 0 Å². The first kappa shape index (κ1) is 21.3. The third kappa shape index (κ3) is 6.06. The second-order valence-corrected chi connectivity index (χ2v) is 9.75. The van der Waals surface area contributed by atoms with Crippen LogP contribution in [0.15, 0.2) is 12.4 Å². The fourth-order valence-corrected chi connectivity index (χ4v) is 4.73. The number of anilines is 2. The highest BCUT2D eigenvalue weighted by atomic mass is 16.2. The zero-order chi connectivity index (χ0) is 20.9. The Balaban J connectivity index is 1.22. The molecule has 1 amide bonds. The first-order chi connectivity index (χ1) is 14.6. The molecule has 1 unspecified atom stereocenters. The van der Waals surface area contributed by atoms with E-state index < -0.39 is 0 Å². The molecule has 0 spiro atoms. The van der Waals surface area contributed by atoms with Crippen LogP contribution in [0.1, 0.15) is 52.4 Å². The second-order valence-electron chi connectivity index (χ2n) is 9.75. The number of rotatable bonds is 8. The molecule has 0 radical (unpaired) electrons. The molecular weight excluding hydrogens is 376 g/mol. The van der Waals surface area contributed by atoms with Gasteiger partial charge in [0.1, 0.15) is 18.0 Å². The standard InChI is InChI=1S/C23H38N6O/c1-18(2)15-27-10-12-28(13-11-27)23(30)8-5-19-4-3-9-29(16-19)22-14-21(24-17-25-22)26-20-6-7-20/h14,17-20H,3-13,15-16H2,1-2H3,(H,24,25,26). The van der Waals surface area contributed by atoms with Crippen molar-refractivity contribution in [1.29, 1.82) is 0 Å². The topological polar surface area (TPSA) is 64.6 Å². The summed E-state index contributed by atoms with van der Waals surface area (Å²) in [5, 5.41) is 3.46. The maximum atomic E-state index is 12.7. The van der Waals surface area contributed by atoms with E-state index in [-0.39, 0.29) is 0 Å². The summed E-state index contributed by atoms with van der Waals surface area (Å²) >= 11 is 0. The quantitative estimate of drug-likeness (QED) is 0.706. The van der Waals surface area contributed by atoms with Crippen molar-refractivity contribution in [2.24, 2.45) is 11.8 Å². The number of carbonyl (C=O) groups is 1.